The second-order valence-electron chi connectivity index (χ2n) is 6.85. The zero-order valence-electron chi connectivity index (χ0n) is 16.8. The van der Waals surface area contributed by atoms with Crippen LogP contribution in [0, 0.1) is 13.8 Å². The summed E-state index contributed by atoms with van der Waals surface area (Å²) >= 11 is 1.28. The van der Waals surface area contributed by atoms with Gasteiger partial charge in [0.15, 0.2) is 6.61 Å². The lowest BCUT2D eigenvalue weighted by atomic mass is 9.99. The molecule has 0 aliphatic heterocycles. The molecule has 29 heavy (non-hydrogen) atoms. The maximum Gasteiger partial charge on any atom is 0.341 e. The third-order valence-electron chi connectivity index (χ3n) is 4.86. The molecular weight excluding hydrogens is 394 g/mol. The van der Waals surface area contributed by atoms with Crippen LogP contribution in [-0.4, -0.2) is 38.7 Å². The predicted molar refractivity (Wildman–Crippen MR) is 109 cm³/mol. The van der Waals surface area contributed by atoms with Crippen LogP contribution in [-0.2, 0) is 25.5 Å². The molecule has 0 spiro atoms. The Morgan fingerprint density at radius 2 is 1.93 bits per heavy atom. The summed E-state index contributed by atoms with van der Waals surface area (Å²) in [5, 5.41) is 3.10. The minimum absolute atomic E-state index is 0.200. The highest BCUT2D eigenvalue weighted by molar-refractivity contribution is 7.17. The van der Waals surface area contributed by atoms with E-state index < -0.39 is 23.8 Å². The van der Waals surface area contributed by atoms with E-state index in [4.69, 9.17) is 14.2 Å². The molecule has 0 saturated carbocycles. The first kappa shape index (κ1) is 20.9. The van der Waals surface area contributed by atoms with Gasteiger partial charge in [-0.25, -0.2) is 4.79 Å². The molecule has 1 amide bonds. The van der Waals surface area contributed by atoms with Gasteiger partial charge in [-0.1, -0.05) is 12.1 Å². The Bertz CT molecular complexity index is 964. The van der Waals surface area contributed by atoms with Gasteiger partial charge in [0.25, 0.3) is 5.91 Å². The molecule has 0 unspecified atom stereocenters. The molecule has 8 heteroatoms. The largest absolute Gasteiger partial charge is 0.483 e. The number of thiophene rings is 1. The van der Waals surface area contributed by atoms with Crippen molar-refractivity contribution in [1.82, 2.24) is 0 Å². The van der Waals surface area contributed by atoms with E-state index in [2.05, 4.69) is 5.32 Å². The monoisotopic (exact) mass is 417 g/mol. The lowest BCUT2D eigenvalue weighted by molar-refractivity contribution is -0.142. The zero-order valence-corrected chi connectivity index (χ0v) is 17.6. The molecule has 1 aliphatic carbocycles. The first-order chi connectivity index (χ1) is 13.8. The summed E-state index contributed by atoms with van der Waals surface area (Å²) in [6.07, 6.45) is 1.21. The van der Waals surface area contributed by atoms with Gasteiger partial charge in [0.1, 0.15) is 10.8 Å². The Morgan fingerprint density at radius 3 is 2.62 bits per heavy atom. The van der Waals surface area contributed by atoms with Gasteiger partial charge in [-0.05, 0) is 49.4 Å². The van der Waals surface area contributed by atoms with Crippen LogP contribution in [0.15, 0.2) is 18.2 Å². The molecule has 154 valence electrons. The SMILES string of the molecule is COC(=O)c1c(NC(=O)COc2cc(C)ccc2C)sc2c1[C@H](C(=O)OC)CC2. The quantitative estimate of drug-likeness (QED) is 0.725. The number of rotatable bonds is 6. The highest BCUT2D eigenvalue weighted by Crippen LogP contribution is 2.45. The first-order valence-electron chi connectivity index (χ1n) is 9.17. The number of carbonyl (C=O) groups is 3. The Morgan fingerprint density at radius 1 is 1.17 bits per heavy atom. The predicted octanol–water partition coefficient (Wildman–Crippen LogP) is 3.37. The normalized spacial score (nSPS) is 14.8. The third kappa shape index (κ3) is 4.27. The summed E-state index contributed by atoms with van der Waals surface area (Å²) in [4.78, 5) is 37.9. The molecule has 1 aromatic heterocycles. The van der Waals surface area contributed by atoms with Gasteiger partial charge in [-0.3, -0.25) is 9.59 Å². The fraction of sp³-hybridized carbons (Fsp3) is 0.381. The topological polar surface area (TPSA) is 90.9 Å². The number of aryl methyl sites for hydroxylation is 3. The highest BCUT2D eigenvalue weighted by Gasteiger charge is 2.38. The second kappa shape index (κ2) is 8.65. The van der Waals surface area contributed by atoms with Gasteiger partial charge >= 0.3 is 11.9 Å². The van der Waals surface area contributed by atoms with Crippen LogP contribution >= 0.6 is 11.3 Å². The van der Waals surface area contributed by atoms with Crippen molar-refractivity contribution in [3.8, 4) is 5.75 Å². The van der Waals surface area contributed by atoms with Gasteiger partial charge in [0.2, 0.25) is 0 Å². The van der Waals surface area contributed by atoms with Gasteiger partial charge < -0.3 is 19.5 Å². The molecule has 1 heterocycles. The summed E-state index contributed by atoms with van der Waals surface area (Å²) in [7, 11) is 2.58. The highest BCUT2D eigenvalue weighted by atomic mass is 32.1. The average molecular weight is 417 g/mol. The first-order valence-corrected chi connectivity index (χ1v) is 9.99. The van der Waals surface area contributed by atoms with E-state index in [1.54, 1.807) is 0 Å². The van der Waals surface area contributed by atoms with Crippen molar-refractivity contribution in [3.63, 3.8) is 0 Å². The fourth-order valence-electron chi connectivity index (χ4n) is 3.40. The van der Waals surface area contributed by atoms with Gasteiger partial charge in [-0.15, -0.1) is 11.3 Å². The molecular formula is C21H23NO6S. The van der Waals surface area contributed by atoms with Gasteiger partial charge in [-0.2, -0.15) is 0 Å². The van der Waals surface area contributed by atoms with E-state index >= 15 is 0 Å². The number of hydrogen-bond acceptors (Lipinski definition) is 7. The molecule has 0 saturated heterocycles. The summed E-state index contributed by atoms with van der Waals surface area (Å²) in [6.45, 7) is 3.65. The zero-order chi connectivity index (χ0) is 21.1. The summed E-state index contributed by atoms with van der Waals surface area (Å²) in [5.74, 6) is -1.29. The minimum atomic E-state index is -0.593. The lowest BCUT2D eigenvalue weighted by Gasteiger charge is -2.12. The van der Waals surface area contributed by atoms with Crippen LogP contribution in [0.1, 0.15) is 44.3 Å². The number of methoxy groups -OCH3 is 2. The number of anilines is 1. The van der Waals surface area contributed by atoms with Crippen molar-refractivity contribution in [2.45, 2.75) is 32.6 Å². The molecule has 0 bridgehead atoms. The standard InChI is InChI=1S/C21H23NO6S/c1-11-5-6-12(2)14(9-11)28-10-16(23)22-19-18(21(25)27-4)17-13(20(24)26-3)7-8-15(17)29-19/h5-6,9,13H,7-8,10H2,1-4H3,(H,22,23)/t13-/m1/s1. The van der Waals surface area contributed by atoms with Crippen molar-refractivity contribution >= 4 is 34.2 Å². The number of fused-ring (bicyclic) bond motifs is 1. The van der Waals surface area contributed by atoms with Crippen LogP contribution in [0.5, 0.6) is 5.75 Å². The third-order valence-corrected chi connectivity index (χ3v) is 6.04. The van der Waals surface area contributed by atoms with Crippen LogP contribution in [0.2, 0.25) is 0 Å². The van der Waals surface area contributed by atoms with E-state index in [-0.39, 0.29) is 12.2 Å². The average Bonchev–Trinajstić information content (AvgIpc) is 3.26. The van der Waals surface area contributed by atoms with Crippen molar-refractivity contribution in [1.29, 1.82) is 0 Å². The number of carbonyl (C=O) groups excluding carboxylic acids is 3. The van der Waals surface area contributed by atoms with Gasteiger partial charge in [0.05, 0.1) is 25.7 Å². The van der Waals surface area contributed by atoms with Crippen molar-refractivity contribution in [2.24, 2.45) is 0 Å². The molecule has 0 radical (unpaired) electrons. The smallest absolute Gasteiger partial charge is 0.341 e. The molecule has 7 nitrogen and oxygen atoms in total. The van der Waals surface area contributed by atoms with E-state index in [0.717, 1.165) is 16.0 Å². The summed E-state index contributed by atoms with van der Waals surface area (Å²) < 4.78 is 15.4. The number of ether oxygens (including phenoxy) is 3. The number of nitrogens with one attached hydrogen (secondary N) is 1. The van der Waals surface area contributed by atoms with Crippen molar-refractivity contribution < 1.29 is 28.6 Å². The fourth-order valence-corrected chi connectivity index (χ4v) is 4.69. The molecule has 1 atom stereocenters. The molecule has 1 N–H and O–H groups in total. The molecule has 0 fully saturated rings. The number of benzene rings is 1. The molecule has 1 aliphatic rings. The lowest BCUT2D eigenvalue weighted by Crippen LogP contribution is -2.22. The van der Waals surface area contributed by atoms with Crippen LogP contribution in [0.3, 0.4) is 0 Å². The molecule has 2 aromatic rings. The van der Waals surface area contributed by atoms with E-state index in [1.807, 2.05) is 32.0 Å². The molecule has 3 rings (SSSR count). The van der Waals surface area contributed by atoms with Crippen molar-refractivity contribution in [3.05, 3.63) is 45.3 Å². The Labute approximate surface area is 173 Å². The Hall–Kier alpha value is -2.87. The van der Waals surface area contributed by atoms with E-state index in [9.17, 15) is 14.4 Å². The van der Waals surface area contributed by atoms with E-state index in [1.165, 1.54) is 25.6 Å². The van der Waals surface area contributed by atoms with E-state index in [0.29, 0.717) is 29.2 Å². The number of hydrogen-bond donors (Lipinski definition) is 1. The Balaban J connectivity index is 1.80. The van der Waals surface area contributed by atoms with Crippen molar-refractivity contribution in [2.75, 3.05) is 26.1 Å². The second-order valence-corrected chi connectivity index (χ2v) is 7.96. The summed E-state index contributed by atoms with van der Waals surface area (Å²) in [6, 6.07) is 5.76. The van der Waals surface area contributed by atoms with Crippen LogP contribution in [0.25, 0.3) is 0 Å². The Kier molecular flexibility index (Phi) is 6.22. The minimum Gasteiger partial charge on any atom is -0.483 e. The maximum absolute atomic E-state index is 12.5. The van der Waals surface area contributed by atoms with Gasteiger partial charge in [0, 0.05) is 4.88 Å². The van der Waals surface area contributed by atoms with Crippen LogP contribution in [0.4, 0.5) is 5.00 Å². The number of esters is 2. The molecule has 1 aromatic carbocycles. The number of amides is 1. The van der Waals surface area contributed by atoms with Crippen LogP contribution < -0.4 is 10.1 Å². The maximum atomic E-state index is 12.5. The summed E-state index contributed by atoms with van der Waals surface area (Å²) in [5.41, 5.74) is 2.78.